The largest absolute Gasteiger partial charge is 0.492 e. The number of para-hydroxylation sites is 3. The van der Waals surface area contributed by atoms with E-state index in [0.29, 0.717) is 54.8 Å². The molecular weight excluding hydrogens is 543 g/mol. The predicted molar refractivity (Wildman–Crippen MR) is 152 cm³/mol. The lowest BCUT2D eigenvalue weighted by atomic mass is 10.2. The van der Waals surface area contributed by atoms with Crippen molar-refractivity contribution in [3.63, 3.8) is 0 Å². The minimum absolute atomic E-state index is 0.00383. The second-order valence-electron chi connectivity index (χ2n) is 8.24. The molecular formula is C26H23N5O4S3. The summed E-state index contributed by atoms with van der Waals surface area (Å²) in [6.07, 6.45) is 0. The molecule has 2 aromatic carbocycles. The van der Waals surface area contributed by atoms with Crippen LogP contribution < -0.4 is 15.6 Å². The normalized spacial score (nSPS) is 11.1. The molecule has 5 aromatic rings. The van der Waals surface area contributed by atoms with Crippen LogP contribution in [0.15, 0.2) is 69.1 Å². The summed E-state index contributed by atoms with van der Waals surface area (Å²) >= 11 is 8.05. The highest BCUT2D eigenvalue weighted by molar-refractivity contribution is 7.99. The molecule has 0 spiro atoms. The monoisotopic (exact) mass is 565 g/mol. The Hall–Kier alpha value is -3.74. The predicted octanol–water partition coefficient (Wildman–Crippen LogP) is 5.70. The molecule has 0 saturated heterocycles. The SMILES string of the molecule is CCOc1ccccc1-n1c(=S)sc2c(=O)n(-c3ccccc3C)c(SCC(=O)Nc3cc(C)on3)nc21. The van der Waals surface area contributed by atoms with E-state index in [1.165, 1.54) is 11.3 Å². The van der Waals surface area contributed by atoms with E-state index in [2.05, 4.69) is 10.5 Å². The molecule has 0 unspecified atom stereocenters. The van der Waals surface area contributed by atoms with Gasteiger partial charge in [0.25, 0.3) is 5.56 Å². The topological polar surface area (TPSA) is 104 Å². The number of carbonyl (C=O) groups excluding carboxylic acids is 1. The number of nitrogens with one attached hydrogen (secondary N) is 1. The number of rotatable bonds is 8. The Kier molecular flexibility index (Phi) is 7.45. The van der Waals surface area contributed by atoms with Gasteiger partial charge in [0.1, 0.15) is 16.2 Å². The lowest BCUT2D eigenvalue weighted by Gasteiger charge is -2.15. The van der Waals surface area contributed by atoms with Gasteiger partial charge in [0.15, 0.2) is 20.6 Å². The third-order valence-electron chi connectivity index (χ3n) is 5.57. The van der Waals surface area contributed by atoms with Crippen molar-refractivity contribution >= 4 is 57.4 Å². The van der Waals surface area contributed by atoms with Crippen molar-refractivity contribution in [3.8, 4) is 17.1 Å². The number of aromatic nitrogens is 4. The van der Waals surface area contributed by atoms with Gasteiger partial charge in [-0.2, -0.15) is 0 Å². The fourth-order valence-corrected chi connectivity index (χ4v) is 6.01. The zero-order valence-electron chi connectivity index (χ0n) is 20.8. The maximum Gasteiger partial charge on any atom is 0.278 e. The van der Waals surface area contributed by atoms with Crippen molar-refractivity contribution in [2.24, 2.45) is 0 Å². The average molecular weight is 566 g/mol. The molecule has 12 heteroatoms. The molecule has 0 aliphatic heterocycles. The molecule has 38 heavy (non-hydrogen) atoms. The summed E-state index contributed by atoms with van der Waals surface area (Å²) < 4.78 is 15.0. The van der Waals surface area contributed by atoms with Crippen LogP contribution in [0, 0.1) is 17.8 Å². The van der Waals surface area contributed by atoms with Crippen LogP contribution in [0.3, 0.4) is 0 Å². The number of carbonyl (C=O) groups is 1. The molecule has 5 rings (SSSR count). The second-order valence-corrected chi connectivity index (χ2v) is 10.8. The van der Waals surface area contributed by atoms with Gasteiger partial charge in [-0.05, 0) is 56.8 Å². The van der Waals surface area contributed by atoms with E-state index < -0.39 is 0 Å². The number of benzene rings is 2. The first kappa shape index (κ1) is 25.9. The van der Waals surface area contributed by atoms with E-state index in [1.54, 1.807) is 22.1 Å². The van der Waals surface area contributed by atoms with E-state index >= 15 is 0 Å². The maximum atomic E-state index is 14.0. The lowest BCUT2D eigenvalue weighted by Crippen LogP contribution is -2.23. The van der Waals surface area contributed by atoms with Crippen molar-refractivity contribution < 1.29 is 14.1 Å². The number of thioether (sulfide) groups is 1. The Labute approximate surface area is 231 Å². The van der Waals surface area contributed by atoms with E-state index in [4.69, 9.17) is 26.5 Å². The third kappa shape index (κ3) is 5.02. The summed E-state index contributed by atoms with van der Waals surface area (Å²) in [4.78, 5) is 31.6. The van der Waals surface area contributed by atoms with Gasteiger partial charge in [-0.25, -0.2) is 4.98 Å². The smallest absolute Gasteiger partial charge is 0.278 e. The molecule has 1 N–H and O–H groups in total. The van der Waals surface area contributed by atoms with E-state index in [0.717, 1.165) is 17.3 Å². The number of aryl methyl sites for hydroxylation is 2. The first-order valence-electron chi connectivity index (χ1n) is 11.7. The molecule has 9 nitrogen and oxygen atoms in total. The molecule has 3 heterocycles. The Morgan fingerprint density at radius 3 is 2.58 bits per heavy atom. The fourth-order valence-electron chi connectivity index (χ4n) is 3.93. The van der Waals surface area contributed by atoms with Crippen molar-refractivity contribution in [1.82, 2.24) is 19.3 Å². The van der Waals surface area contributed by atoms with Crippen molar-refractivity contribution in [2.75, 3.05) is 17.7 Å². The molecule has 0 radical (unpaired) electrons. The number of thiazole rings is 1. The molecule has 0 saturated carbocycles. The van der Waals surface area contributed by atoms with Crippen LogP contribution in [-0.4, -0.2) is 37.5 Å². The van der Waals surface area contributed by atoms with Gasteiger partial charge in [-0.1, -0.05) is 58.6 Å². The zero-order chi connectivity index (χ0) is 26.8. The summed E-state index contributed by atoms with van der Waals surface area (Å²) in [5.41, 5.74) is 2.42. The summed E-state index contributed by atoms with van der Waals surface area (Å²) in [7, 11) is 0. The Balaban J connectivity index is 1.65. The molecule has 0 bridgehead atoms. The second kappa shape index (κ2) is 10.9. The van der Waals surface area contributed by atoms with Crippen molar-refractivity contribution in [3.05, 3.63) is 80.2 Å². The molecule has 1 amide bonds. The van der Waals surface area contributed by atoms with Crippen LogP contribution in [0.2, 0.25) is 0 Å². The van der Waals surface area contributed by atoms with Crippen LogP contribution in [0.1, 0.15) is 18.2 Å². The van der Waals surface area contributed by atoms with Gasteiger partial charge in [0.2, 0.25) is 5.91 Å². The molecule has 0 aliphatic rings. The zero-order valence-corrected chi connectivity index (χ0v) is 23.2. The molecule has 0 fully saturated rings. The summed E-state index contributed by atoms with van der Waals surface area (Å²) in [5.74, 6) is 1.23. The average Bonchev–Trinajstić information content (AvgIpc) is 3.46. The van der Waals surface area contributed by atoms with Crippen LogP contribution in [-0.2, 0) is 4.79 Å². The Morgan fingerprint density at radius 2 is 1.87 bits per heavy atom. The highest BCUT2D eigenvalue weighted by Crippen LogP contribution is 2.31. The summed E-state index contributed by atoms with van der Waals surface area (Å²) in [6.45, 7) is 6.04. The van der Waals surface area contributed by atoms with Crippen molar-refractivity contribution in [2.45, 2.75) is 25.9 Å². The van der Waals surface area contributed by atoms with E-state index in [-0.39, 0.29) is 17.2 Å². The minimum atomic E-state index is -0.308. The quantitative estimate of drug-likeness (QED) is 0.145. The van der Waals surface area contributed by atoms with Gasteiger partial charge >= 0.3 is 0 Å². The number of hydrogen-bond donors (Lipinski definition) is 1. The minimum Gasteiger partial charge on any atom is -0.492 e. The van der Waals surface area contributed by atoms with Crippen LogP contribution in [0.25, 0.3) is 21.7 Å². The van der Waals surface area contributed by atoms with Gasteiger partial charge in [-0.3, -0.25) is 18.7 Å². The van der Waals surface area contributed by atoms with Crippen LogP contribution >= 0.6 is 35.3 Å². The standard InChI is InChI=1S/C26H23N5O4S3/c1-4-34-19-12-8-7-11-18(19)30-23-22(38-26(30)36)24(33)31(17-10-6-5-9-15(17)2)25(28-23)37-14-21(32)27-20-13-16(3)35-29-20/h5-13H,4,14H2,1-3H3,(H,27,29,32). The Bertz CT molecular complexity index is 1770. The van der Waals surface area contributed by atoms with Gasteiger partial charge in [0, 0.05) is 6.07 Å². The molecule has 0 aliphatic carbocycles. The molecule has 0 atom stereocenters. The lowest BCUT2D eigenvalue weighted by molar-refractivity contribution is -0.113. The summed E-state index contributed by atoms with van der Waals surface area (Å²) in [5, 5.41) is 6.86. The number of fused-ring (bicyclic) bond motifs is 1. The van der Waals surface area contributed by atoms with Crippen molar-refractivity contribution in [1.29, 1.82) is 0 Å². The number of hydrogen-bond acceptors (Lipinski definition) is 9. The number of amides is 1. The van der Waals surface area contributed by atoms with Gasteiger partial charge < -0.3 is 14.6 Å². The molecule has 194 valence electrons. The first-order chi connectivity index (χ1) is 18.4. The Morgan fingerprint density at radius 1 is 1.13 bits per heavy atom. The van der Waals surface area contributed by atoms with E-state index in [1.807, 2.05) is 62.4 Å². The number of nitrogens with zero attached hydrogens (tertiary/aromatic N) is 4. The number of anilines is 1. The van der Waals surface area contributed by atoms with Gasteiger partial charge in [0.05, 0.1) is 23.7 Å². The highest BCUT2D eigenvalue weighted by Gasteiger charge is 2.22. The third-order valence-corrected chi connectivity index (χ3v) is 7.86. The summed E-state index contributed by atoms with van der Waals surface area (Å²) in [6, 6.07) is 16.7. The van der Waals surface area contributed by atoms with Crippen LogP contribution in [0.5, 0.6) is 5.75 Å². The molecule has 3 aromatic heterocycles. The number of ether oxygens (including phenoxy) is 1. The highest BCUT2D eigenvalue weighted by atomic mass is 32.2. The fraction of sp³-hybridized carbons (Fsp3) is 0.192. The first-order valence-corrected chi connectivity index (χ1v) is 13.9. The maximum absolute atomic E-state index is 14.0. The van der Waals surface area contributed by atoms with Gasteiger partial charge in [-0.15, -0.1) is 0 Å². The van der Waals surface area contributed by atoms with E-state index in [9.17, 15) is 9.59 Å². The van der Waals surface area contributed by atoms with Crippen LogP contribution in [0.4, 0.5) is 5.82 Å².